The van der Waals surface area contributed by atoms with Crippen LogP contribution in [-0.2, 0) is 6.42 Å². The van der Waals surface area contributed by atoms with Crippen LogP contribution in [0.15, 0.2) is 6.07 Å². The lowest BCUT2D eigenvalue weighted by Gasteiger charge is -2.24. The van der Waals surface area contributed by atoms with Crippen molar-refractivity contribution in [2.24, 2.45) is 0 Å². The smallest absolute Gasteiger partial charge is 0.134 e. The predicted molar refractivity (Wildman–Crippen MR) is 65.8 cm³/mol. The first-order valence-corrected chi connectivity index (χ1v) is 5.77. The molecular weight excluding hydrogens is 226 g/mol. The van der Waals surface area contributed by atoms with Crippen molar-refractivity contribution in [3.05, 3.63) is 17.0 Å². The van der Waals surface area contributed by atoms with Crippen LogP contribution in [0.1, 0.15) is 33.0 Å². The largest absolute Gasteiger partial charge is 0.394 e. The molecule has 0 amide bonds. The van der Waals surface area contributed by atoms with Gasteiger partial charge in [0.2, 0.25) is 0 Å². The predicted octanol–water partition coefficient (Wildman–Crippen LogP) is 2.27. The minimum atomic E-state index is -0.416. The van der Waals surface area contributed by atoms with Crippen LogP contribution in [0.4, 0.5) is 5.82 Å². The Morgan fingerprint density at radius 3 is 2.69 bits per heavy atom. The maximum Gasteiger partial charge on any atom is 0.134 e. The SMILES string of the molecule is CCCc1nc(Cl)cc(NC(C)(C)CO)n1. The highest BCUT2D eigenvalue weighted by molar-refractivity contribution is 6.29. The van der Waals surface area contributed by atoms with Gasteiger partial charge < -0.3 is 10.4 Å². The molecule has 0 aliphatic rings. The van der Waals surface area contributed by atoms with Crippen LogP contribution in [0.3, 0.4) is 0 Å². The summed E-state index contributed by atoms with van der Waals surface area (Å²) < 4.78 is 0. The van der Waals surface area contributed by atoms with Crippen LogP contribution in [0.25, 0.3) is 0 Å². The number of halogens is 1. The van der Waals surface area contributed by atoms with Gasteiger partial charge in [-0.15, -0.1) is 0 Å². The third kappa shape index (κ3) is 3.94. The summed E-state index contributed by atoms with van der Waals surface area (Å²) in [4.78, 5) is 8.47. The molecule has 1 aromatic heterocycles. The molecule has 0 aliphatic carbocycles. The summed E-state index contributed by atoms with van der Waals surface area (Å²) in [6.45, 7) is 5.87. The molecule has 5 heteroatoms. The minimum Gasteiger partial charge on any atom is -0.394 e. The lowest BCUT2D eigenvalue weighted by molar-refractivity contribution is 0.234. The Hall–Kier alpha value is -0.870. The average molecular weight is 244 g/mol. The summed E-state index contributed by atoms with van der Waals surface area (Å²) in [7, 11) is 0. The van der Waals surface area contributed by atoms with Gasteiger partial charge in [0.1, 0.15) is 16.8 Å². The number of aliphatic hydroxyl groups is 1. The fraction of sp³-hybridized carbons (Fsp3) is 0.636. The van der Waals surface area contributed by atoms with Gasteiger partial charge in [-0.1, -0.05) is 18.5 Å². The first-order chi connectivity index (χ1) is 7.46. The zero-order valence-corrected chi connectivity index (χ0v) is 10.7. The number of rotatable bonds is 5. The van der Waals surface area contributed by atoms with E-state index in [9.17, 15) is 0 Å². The van der Waals surface area contributed by atoms with Gasteiger partial charge in [-0.25, -0.2) is 9.97 Å². The molecule has 1 rings (SSSR count). The van der Waals surface area contributed by atoms with E-state index in [1.54, 1.807) is 6.07 Å². The number of hydrogen-bond donors (Lipinski definition) is 2. The van der Waals surface area contributed by atoms with Gasteiger partial charge in [0, 0.05) is 12.5 Å². The number of anilines is 1. The number of nitrogens with one attached hydrogen (secondary N) is 1. The molecule has 0 fully saturated rings. The van der Waals surface area contributed by atoms with E-state index in [0.29, 0.717) is 11.0 Å². The van der Waals surface area contributed by atoms with Crippen molar-refractivity contribution in [3.63, 3.8) is 0 Å². The fourth-order valence-corrected chi connectivity index (χ4v) is 1.45. The van der Waals surface area contributed by atoms with E-state index < -0.39 is 5.54 Å². The number of aliphatic hydroxyl groups excluding tert-OH is 1. The maximum atomic E-state index is 9.16. The third-order valence-electron chi connectivity index (χ3n) is 2.08. The van der Waals surface area contributed by atoms with Gasteiger partial charge in [-0.3, -0.25) is 0 Å². The van der Waals surface area contributed by atoms with Gasteiger partial charge in [-0.05, 0) is 20.3 Å². The lowest BCUT2D eigenvalue weighted by Crippen LogP contribution is -2.35. The highest BCUT2D eigenvalue weighted by atomic mass is 35.5. The molecule has 0 saturated carbocycles. The van der Waals surface area contributed by atoms with E-state index in [1.807, 2.05) is 13.8 Å². The second-order valence-electron chi connectivity index (χ2n) is 4.41. The Labute approximate surface area is 101 Å². The minimum absolute atomic E-state index is 0.0255. The van der Waals surface area contributed by atoms with E-state index in [0.717, 1.165) is 18.7 Å². The standard InChI is InChI=1S/C11H18ClN3O/c1-4-5-9-13-8(12)6-10(14-9)15-11(2,3)7-16/h6,16H,4-5,7H2,1-3H3,(H,13,14,15). The third-order valence-corrected chi connectivity index (χ3v) is 2.27. The highest BCUT2D eigenvalue weighted by Crippen LogP contribution is 2.16. The quantitative estimate of drug-likeness (QED) is 0.779. The lowest BCUT2D eigenvalue weighted by atomic mass is 10.1. The van der Waals surface area contributed by atoms with E-state index >= 15 is 0 Å². The first-order valence-electron chi connectivity index (χ1n) is 5.39. The molecule has 0 atom stereocenters. The van der Waals surface area contributed by atoms with Gasteiger partial charge in [0.25, 0.3) is 0 Å². The summed E-state index contributed by atoms with van der Waals surface area (Å²) in [5.74, 6) is 1.38. The summed E-state index contributed by atoms with van der Waals surface area (Å²) >= 11 is 5.90. The van der Waals surface area contributed by atoms with Crippen molar-refractivity contribution < 1.29 is 5.11 Å². The Morgan fingerprint density at radius 2 is 2.12 bits per heavy atom. The van der Waals surface area contributed by atoms with Gasteiger partial charge in [0.05, 0.1) is 12.1 Å². The van der Waals surface area contributed by atoms with Crippen LogP contribution in [-0.4, -0.2) is 27.2 Å². The Morgan fingerprint density at radius 1 is 1.44 bits per heavy atom. The van der Waals surface area contributed by atoms with E-state index in [-0.39, 0.29) is 6.61 Å². The number of aromatic nitrogens is 2. The van der Waals surface area contributed by atoms with Crippen molar-refractivity contribution in [1.29, 1.82) is 0 Å². The fourth-order valence-electron chi connectivity index (χ4n) is 1.25. The van der Waals surface area contributed by atoms with Gasteiger partial charge >= 0.3 is 0 Å². The van der Waals surface area contributed by atoms with Crippen LogP contribution < -0.4 is 5.32 Å². The van der Waals surface area contributed by atoms with Crippen LogP contribution in [0, 0.1) is 0 Å². The average Bonchev–Trinajstić information content (AvgIpc) is 2.16. The molecule has 0 aliphatic heterocycles. The molecule has 0 saturated heterocycles. The van der Waals surface area contributed by atoms with E-state index in [1.165, 1.54) is 0 Å². The molecule has 90 valence electrons. The zero-order valence-electron chi connectivity index (χ0n) is 9.92. The molecular formula is C11H18ClN3O. The molecule has 2 N–H and O–H groups in total. The van der Waals surface area contributed by atoms with Gasteiger partial charge in [0.15, 0.2) is 0 Å². The highest BCUT2D eigenvalue weighted by Gasteiger charge is 2.17. The zero-order chi connectivity index (χ0) is 12.2. The second-order valence-corrected chi connectivity index (χ2v) is 4.80. The molecule has 1 heterocycles. The Bertz CT molecular complexity index is 355. The van der Waals surface area contributed by atoms with Gasteiger partial charge in [-0.2, -0.15) is 0 Å². The van der Waals surface area contributed by atoms with Crippen molar-refractivity contribution in [3.8, 4) is 0 Å². The topological polar surface area (TPSA) is 58.0 Å². The van der Waals surface area contributed by atoms with E-state index in [4.69, 9.17) is 16.7 Å². The monoisotopic (exact) mass is 243 g/mol. The molecule has 1 aromatic rings. The van der Waals surface area contributed by atoms with Crippen LogP contribution in [0.5, 0.6) is 0 Å². The van der Waals surface area contributed by atoms with Crippen LogP contribution >= 0.6 is 11.6 Å². The van der Waals surface area contributed by atoms with Crippen LogP contribution in [0.2, 0.25) is 5.15 Å². The van der Waals surface area contributed by atoms with Crippen molar-refractivity contribution >= 4 is 17.4 Å². The molecule has 0 aromatic carbocycles. The molecule has 16 heavy (non-hydrogen) atoms. The number of hydrogen-bond acceptors (Lipinski definition) is 4. The summed E-state index contributed by atoms with van der Waals surface area (Å²) in [6, 6.07) is 1.66. The van der Waals surface area contributed by atoms with Crippen molar-refractivity contribution in [2.75, 3.05) is 11.9 Å². The molecule has 0 radical (unpaired) electrons. The number of aryl methyl sites for hydroxylation is 1. The Balaban J connectivity index is 2.87. The molecule has 0 spiro atoms. The Kier molecular flexibility index (Phi) is 4.50. The van der Waals surface area contributed by atoms with E-state index in [2.05, 4.69) is 22.2 Å². The molecule has 0 unspecified atom stereocenters. The molecule has 0 bridgehead atoms. The maximum absolute atomic E-state index is 9.16. The van der Waals surface area contributed by atoms with Crippen molar-refractivity contribution in [1.82, 2.24) is 9.97 Å². The first kappa shape index (κ1) is 13.2. The second kappa shape index (κ2) is 5.46. The van der Waals surface area contributed by atoms with Crippen molar-refractivity contribution in [2.45, 2.75) is 39.2 Å². The summed E-state index contributed by atoms with van der Waals surface area (Å²) in [6.07, 6.45) is 1.78. The summed E-state index contributed by atoms with van der Waals surface area (Å²) in [5, 5.41) is 12.7. The number of nitrogens with zero attached hydrogens (tertiary/aromatic N) is 2. The summed E-state index contributed by atoms with van der Waals surface area (Å²) in [5.41, 5.74) is -0.416. The molecule has 4 nitrogen and oxygen atoms in total. The normalized spacial score (nSPS) is 11.6.